The van der Waals surface area contributed by atoms with Gasteiger partial charge in [-0.15, -0.1) is 6.58 Å². The number of fused-ring (bicyclic) bond motifs is 2. The second kappa shape index (κ2) is 17.5. The van der Waals surface area contributed by atoms with E-state index < -0.39 is 36.8 Å². The van der Waals surface area contributed by atoms with E-state index >= 15 is 0 Å². The van der Waals surface area contributed by atoms with Crippen LogP contribution in [0.3, 0.4) is 0 Å². The number of rotatable bonds is 14. The molecule has 3 atom stereocenters. The van der Waals surface area contributed by atoms with E-state index in [-0.39, 0.29) is 62.6 Å². The number of carbonyl (C=O) groups excluding carboxylic acids is 3. The van der Waals surface area contributed by atoms with Crippen molar-refractivity contribution in [1.29, 1.82) is 0 Å². The van der Waals surface area contributed by atoms with Crippen LogP contribution in [-0.4, -0.2) is 82.6 Å². The lowest BCUT2D eigenvalue weighted by atomic mass is 9.98. The van der Waals surface area contributed by atoms with E-state index in [0.29, 0.717) is 28.0 Å². The number of hydrogen-bond acceptors (Lipinski definition) is 12. The van der Waals surface area contributed by atoms with E-state index in [4.69, 9.17) is 16.3 Å². The number of nitrogens with two attached hydrogens (primary N) is 2. The van der Waals surface area contributed by atoms with Gasteiger partial charge in [-0.05, 0) is 53.3 Å². The zero-order chi connectivity index (χ0) is 41.9. The Bertz CT molecular complexity index is 2310. The van der Waals surface area contributed by atoms with Crippen molar-refractivity contribution in [2.45, 2.75) is 45.1 Å². The zero-order valence-electron chi connectivity index (χ0n) is 32.3. The topological polar surface area (TPSA) is 218 Å². The molecule has 59 heavy (non-hydrogen) atoms. The fraction of sp³-hybridized carbons (Fsp3) is 0.275. The summed E-state index contributed by atoms with van der Waals surface area (Å²) < 4.78 is 51.0. The summed E-state index contributed by atoms with van der Waals surface area (Å²) in [7, 11) is -7.78. The summed E-state index contributed by atoms with van der Waals surface area (Å²) in [5.74, 6) is 9.63. The average Bonchev–Trinajstić information content (AvgIpc) is 3.69. The third-order valence-electron chi connectivity index (χ3n) is 10.5. The number of urea groups is 1. The Hall–Kier alpha value is -5.27. The van der Waals surface area contributed by atoms with Crippen molar-refractivity contribution in [1.82, 2.24) is 29.1 Å². The van der Waals surface area contributed by atoms with Gasteiger partial charge in [0.2, 0.25) is 11.8 Å². The molecule has 3 aromatic carbocycles. The molecule has 19 heteroatoms. The highest BCUT2D eigenvalue weighted by Crippen LogP contribution is 2.53. The summed E-state index contributed by atoms with van der Waals surface area (Å²) in [5.41, 5.74) is 2.63. The van der Waals surface area contributed by atoms with Crippen LogP contribution in [0.25, 0.3) is 10.9 Å². The number of nitrogens with zero attached hydrogens (tertiary/aromatic N) is 5. The SMILES string of the molecule is C=CCN1CC(=O)N2[C@@H](Cc3ccc(OP(=O)(ON)ON)cc3)C(=O)N(Cc3cccc4ccn(S(O)(O)C5=CCC(C)C=C5)c34)C[C@@H]2N1C(=O)NCc1ccccc1. The lowest BCUT2D eigenvalue weighted by Crippen LogP contribution is -2.76. The number of para-hydroxylation sites is 1. The molecule has 1 unspecified atom stereocenters. The van der Waals surface area contributed by atoms with Gasteiger partial charge in [-0.1, -0.05) is 96.6 Å². The molecule has 2 fully saturated rings. The normalized spacial score (nSPS) is 20.4. The highest BCUT2D eigenvalue weighted by Gasteiger charge is 2.51. The summed E-state index contributed by atoms with van der Waals surface area (Å²) in [5, 5.41) is 6.81. The minimum Gasteiger partial charge on any atom is -0.402 e. The minimum atomic E-state index is -4.28. The van der Waals surface area contributed by atoms with Gasteiger partial charge in [0, 0.05) is 37.6 Å². The lowest BCUT2D eigenvalue weighted by molar-refractivity contribution is -0.189. The quantitative estimate of drug-likeness (QED) is 0.0592. The van der Waals surface area contributed by atoms with Crippen LogP contribution in [0.1, 0.15) is 30.0 Å². The molecule has 0 spiro atoms. The van der Waals surface area contributed by atoms with E-state index in [1.807, 2.05) is 67.6 Å². The predicted octanol–water partition coefficient (Wildman–Crippen LogP) is 5.64. The maximum absolute atomic E-state index is 14.8. The summed E-state index contributed by atoms with van der Waals surface area (Å²) in [4.78, 5) is 46.7. The molecule has 2 saturated heterocycles. The molecule has 312 valence electrons. The fourth-order valence-electron chi connectivity index (χ4n) is 7.61. The molecule has 1 aliphatic carbocycles. The smallest absolute Gasteiger partial charge is 0.402 e. The first kappa shape index (κ1) is 41.9. The molecule has 0 bridgehead atoms. The molecule has 0 saturated carbocycles. The van der Waals surface area contributed by atoms with Gasteiger partial charge in [0.05, 0.1) is 23.5 Å². The van der Waals surface area contributed by atoms with Crippen LogP contribution in [0, 0.1) is 5.92 Å². The Labute approximate surface area is 343 Å². The van der Waals surface area contributed by atoms with Crippen LogP contribution >= 0.6 is 18.6 Å². The third kappa shape index (κ3) is 8.72. The van der Waals surface area contributed by atoms with Crippen LogP contribution < -0.4 is 21.6 Å². The number of carbonyl (C=O) groups is 3. The number of hydrazine groups is 1. The van der Waals surface area contributed by atoms with Crippen molar-refractivity contribution in [3.63, 3.8) is 0 Å². The zero-order valence-corrected chi connectivity index (χ0v) is 34.0. The van der Waals surface area contributed by atoms with Gasteiger partial charge >= 0.3 is 13.9 Å². The van der Waals surface area contributed by atoms with Crippen molar-refractivity contribution in [2.75, 3.05) is 19.6 Å². The summed E-state index contributed by atoms with van der Waals surface area (Å²) >= 11 is 0. The number of phosphoric acid groups is 1. The largest absolute Gasteiger partial charge is 0.563 e. The second-order valence-corrected chi connectivity index (χ2v) is 17.8. The number of amides is 4. The minimum absolute atomic E-state index is 0.0117. The highest BCUT2D eigenvalue weighted by atomic mass is 32.3. The molecular formula is C40H47N8O9PS. The van der Waals surface area contributed by atoms with Gasteiger partial charge in [0.1, 0.15) is 18.0 Å². The van der Waals surface area contributed by atoms with Gasteiger partial charge in [-0.3, -0.25) is 18.7 Å². The Kier molecular flexibility index (Phi) is 12.4. The molecule has 7 N–H and O–H groups in total. The molecule has 4 aromatic rings. The molecule has 17 nitrogen and oxygen atoms in total. The first-order valence-corrected chi connectivity index (χ1v) is 21.8. The number of hydrogen-bond donors (Lipinski definition) is 5. The molecule has 2 aliphatic heterocycles. The van der Waals surface area contributed by atoms with Crippen LogP contribution in [0.2, 0.25) is 0 Å². The number of nitrogens with one attached hydrogen (secondary N) is 1. The molecule has 7 rings (SSSR count). The average molecular weight is 847 g/mol. The molecule has 3 heterocycles. The maximum atomic E-state index is 14.8. The second-order valence-electron chi connectivity index (χ2n) is 14.4. The molecule has 3 aliphatic rings. The van der Waals surface area contributed by atoms with E-state index in [1.165, 1.54) is 26.0 Å². The monoisotopic (exact) mass is 846 g/mol. The third-order valence-corrected chi connectivity index (χ3v) is 13.2. The van der Waals surface area contributed by atoms with Crippen molar-refractivity contribution < 1.29 is 41.8 Å². The number of benzene rings is 3. The van der Waals surface area contributed by atoms with E-state index in [1.54, 1.807) is 46.5 Å². The lowest BCUT2D eigenvalue weighted by Gasteiger charge is -2.55. The number of allylic oxidation sites excluding steroid dienone is 3. The van der Waals surface area contributed by atoms with Gasteiger partial charge < -0.3 is 19.6 Å². The number of aromatic nitrogens is 1. The molecular weight excluding hydrogens is 800 g/mol. The summed E-state index contributed by atoms with van der Waals surface area (Å²) in [6.45, 7) is 6.05. The maximum Gasteiger partial charge on any atom is 0.563 e. The van der Waals surface area contributed by atoms with Crippen molar-refractivity contribution in [3.8, 4) is 5.75 Å². The summed E-state index contributed by atoms with van der Waals surface area (Å²) in [6, 6.07) is 21.3. The van der Waals surface area contributed by atoms with E-state index in [0.717, 1.165) is 10.9 Å². The van der Waals surface area contributed by atoms with Crippen LogP contribution in [0.4, 0.5) is 4.79 Å². The van der Waals surface area contributed by atoms with Crippen molar-refractivity contribution in [2.24, 2.45) is 17.7 Å². The van der Waals surface area contributed by atoms with E-state index in [2.05, 4.69) is 21.1 Å². The van der Waals surface area contributed by atoms with Crippen molar-refractivity contribution >= 4 is 47.3 Å². The van der Waals surface area contributed by atoms with E-state index in [9.17, 15) is 28.1 Å². The molecule has 0 radical (unpaired) electrons. The Morgan fingerprint density at radius 3 is 2.44 bits per heavy atom. The Balaban J connectivity index is 1.26. The summed E-state index contributed by atoms with van der Waals surface area (Å²) in [6.07, 6.45) is 8.50. The predicted molar refractivity (Wildman–Crippen MR) is 222 cm³/mol. The van der Waals surface area contributed by atoms with Crippen molar-refractivity contribution in [3.05, 3.63) is 138 Å². The molecule has 4 amide bonds. The van der Waals surface area contributed by atoms with Gasteiger partial charge in [0.15, 0.2) is 0 Å². The molecule has 1 aromatic heterocycles. The van der Waals surface area contributed by atoms with Crippen LogP contribution in [0.15, 0.2) is 121 Å². The Morgan fingerprint density at radius 1 is 1.02 bits per heavy atom. The highest BCUT2D eigenvalue weighted by molar-refractivity contribution is 8.26. The van der Waals surface area contributed by atoms with Gasteiger partial charge in [-0.2, -0.15) is 9.25 Å². The standard InChI is InChI=1S/C40H47N8O9PS/c1-3-21-45-27-37(49)47-35(23-29-14-16-33(17-15-29)55-58(52,56-41)57-42)39(50)44(26-36(47)48(45)40(51)43-24-30-8-5-4-6-9-30)25-32-11-7-10-31-20-22-46(38(31)32)59(53,54)34-18-12-28(2)13-19-34/h3-12,14-20,22,28,35-36,53-54H,1,13,21,23-27,41-42H2,2H3,(H,43,51)/t28?,35-,36-/m0/s1. The Morgan fingerprint density at radius 2 is 1.76 bits per heavy atom. The first-order valence-electron chi connectivity index (χ1n) is 18.8. The fourth-order valence-corrected chi connectivity index (χ4v) is 9.64. The van der Waals surface area contributed by atoms with Crippen LogP contribution in [-0.2, 0) is 42.9 Å². The van der Waals surface area contributed by atoms with Gasteiger partial charge in [-0.25, -0.2) is 35.1 Å². The number of piperazine rings is 1. The van der Waals surface area contributed by atoms with Crippen LogP contribution in [0.5, 0.6) is 5.75 Å². The van der Waals surface area contributed by atoms with Gasteiger partial charge in [0.25, 0.3) is 0 Å². The first-order chi connectivity index (χ1) is 28.3.